The third kappa shape index (κ3) is 9.17. The number of hydrogen-bond acceptors (Lipinski definition) is 4. The summed E-state index contributed by atoms with van der Waals surface area (Å²) in [5.41, 5.74) is 0. The average Bonchev–Trinajstić information content (AvgIpc) is 2.95. The van der Waals surface area contributed by atoms with Gasteiger partial charge in [0.05, 0.1) is 0 Å². The van der Waals surface area contributed by atoms with Crippen molar-refractivity contribution in [3.8, 4) is 0 Å². The van der Waals surface area contributed by atoms with E-state index in [9.17, 15) is 0 Å². The third-order valence-corrected chi connectivity index (χ3v) is 4.40. The first-order chi connectivity index (χ1) is 12.6. The summed E-state index contributed by atoms with van der Waals surface area (Å²) in [6.45, 7) is 11.3. The highest BCUT2D eigenvalue weighted by Gasteiger charge is 2.08. The molecule has 0 amide bonds. The maximum atomic E-state index is 5.40. The SMILES string of the molecule is CCCCCCC(C)NC(=NCc1nnc(C)n1C)NCCCOCC. The van der Waals surface area contributed by atoms with Crippen LogP contribution >= 0.6 is 0 Å². The Hall–Kier alpha value is -1.63. The van der Waals surface area contributed by atoms with Gasteiger partial charge < -0.3 is 19.9 Å². The normalized spacial score (nSPS) is 13.0. The van der Waals surface area contributed by atoms with E-state index in [-0.39, 0.29) is 0 Å². The fraction of sp³-hybridized carbons (Fsp3) is 0.842. The Morgan fingerprint density at radius 2 is 2.00 bits per heavy atom. The number of nitrogens with one attached hydrogen (secondary N) is 2. The first kappa shape index (κ1) is 22.4. The molecule has 26 heavy (non-hydrogen) atoms. The van der Waals surface area contributed by atoms with Gasteiger partial charge in [0, 0.05) is 32.8 Å². The topological polar surface area (TPSA) is 76.4 Å². The van der Waals surface area contributed by atoms with Gasteiger partial charge in [-0.25, -0.2) is 4.99 Å². The molecule has 7 heteroatoms. The summed E-state index contributed by atoms with van der Waals surface area (Å²) >= 11 is 0. The van der Waals surface area contributed by atoms with E-state index in [1.54, 1.807) is 0 Å². The third-order valence-electron chi connectivity index (χ3n) is 4.40. The lowest BCUT2D eigenvalue weighted by Gasteiger charge is -2.18. The van der Waals surface area contributed by atoms with Crippen LogP contribution in [0.25, 0.3) is 0 Å². The van der Waals surface area contributed by atoms with Gasteiger partial charge in [-0.15, -0.1) is 10.2 Å². The summed E-state index contributed by atoms with van der Waals surface area (Å²) in [5.74, 6) is 2.61. The van der Waals surface area contributed by atoms with Crippen LogP contribution in [-0.4, -0.2) is 46.5 Å². The molecule has 0 fully saturated rings. The van der Waals surface area contributed by atoms with Crippen LogP contribution in [0.3, 0.4) is 0 Å². The molecule has 0 spiro atoms. The second kappa shape index (κ2) is 13.6. The number of hydrogen-bond donors (Lipinski definition) is 2. The van der Waals surface area contributed by atoms with Crippen molar-refractivity contribution >= 4 is 5.96 Å². The van der Waals surface area contributed by atoms with E-state index in [1.807, 2.05) is 25.5 Å². The summed E-state index contributed by atoms with van der Waals surface area (Å²) < 4.78 is 7.37. The van der Waals surface area contributed by atoms with Crippen molar-refractivity contribution in [2.24, 2.45) is 12.0 Å². The van der Waals surface area contributed by atoms with Crippen LogP contribution in [0.1, 0.15) is 70.9 Å². The molecule has 0 aliphatic carbocycles. The summed E-state index contributed by atoms with van der Waals surface area (Å²) in [6.07, 6.45) is 7.25. The molecule has 0 radical (unpaired) electrons. The van der Waals surface area contributed by atoms with Crippen molar-refractivity contribution in [2.45, 2.75) is 78.8 Å². The standard InChI is InChI=1S/C19H38N6O/c1-6-8-9-10-12-16(3)22-19(20-13-11-14-26-7-2)21-15-18-24-23-17(4)25(18)5/h16H,6-15H2,1-5H3,(H2,20,21,22). The zero-order chi connectivity index (χ0) is 19.2. The van der Waals surface area contributed by atoms with Crippen LogP contribution in [0.2, 0.25) is 0 Å². The first-order valence-corrected chi connectivity index (χ1v) is 10.1. The molecule has 0 saturated carbocycles. The zero-order valence-electron chi connectivity index (χ0n) is 17.3. The molecule has 1 aromatic rings. The van der Waals surface area contributed by atoms with Gasteiger partial charge in [-0.05, 0) is 33.6 Å². The number of unbranched alkanes of at least 4 members (excludes halogenated alkanes) is 3. The number of aliphatic imine (C=N–C) groups is 1. The Bertz CT molecular complexity index is 514. The lowest BCUT2D eigenvalue weighted by Crippen LogP contribution is -2.43. The van der Waals surface area contributed by atoms with Crippen LogP contribution in [0.15, 0.2) is 4.99 Å². The van der Waals surface area contributed by atoms with E-state index < -0.39 is 0 Å². The van der Waals surface area contributed by atoms with Gasteiger partial charge >= 0.3 is 0 Å². The van der Waals surface area contributed by atoms with Gasteiger partial charge in [-0.3, -0.25) is 0 Å². The maximum absolute atomic E-state index is 5.40. The Balaban J connectivity index is 2.53. The number of aromatic nitrogens is 3. The minimum absolute atomic E-state index is 0.395. The van der Waals surface area contributed by atoms with Gasteiger partial charge in [0.1, 0.15) is 12.4 Å². The van der Waals surface area contributed by atoms with E-state index in [0.29, 0.717) is 12.6 Å². The number of aryl methyl sites for hydroxylation is 1. The molecule has 2 N–H and O–H groups in total. The van der Waals surface area contributed by atoms with Crippen molar-refractivity contribution in [3.63, 3.8) is 0 Å². The number of nitrogens with zero attached hydrogens (tertiary/aromatic N) is 4. The van der Waals surface area contributed by atoms with Crippen molar-refractivity contribution in [2.75, 3.05) is 19.8 Å². The smallest absolute Gasteiger partial charge is 0.191 e. The summed E-state index contributed by atoms with van der Waals surface area (Å²) in [4.78, 5) is 4.70. The number of guanidine groups is 1. The predicted molar refractivity (Wildman–Crippen MR) is 107 cm³/mol. The van der Waals surface area contributed by atoms with E-state index in [1.165, 1.54) is 25.7 Å². The minimum Gasteiger partial charge on any atom is -0.382 e. The number of ether oxygens (including phenoxy) is 1. The van der Waals surface area contributed by atoms with Gasteiger partial charge in [-0.1, -0.05) is 32.6 Å². The van der Waals surface area contributed by atoms with E-state index in [4.69, 9.17) is 9.73 Å². The van der Waals surface area contributed by atoms with Gasteiger partial charge in [0.25, 0.3) is 0 Å². The molecule has 1 rings (SSSR count). The summed E-state index contributed by atoms with van der Waals surface area (Å²) in [7, 11) is 1.97. The lowest BCUT2D eigenvalue weighted by atomic mass is 10.1. The zero-order valence-corrected chi connectivity index (χ0v) is 17.3. The van der Waals surface area contributed by atoms with Crippen LogP contribution in [0, 0.1) is 6.92 Å². The second-order valence-corrected chi connectivity index (χ2v) is 6.76. The monoisotopic (exact) mass is 366 g/mol. The molecule has 0 bridgehead atoms. The van der Waals surface area contributed by atoms with Crippen molar-refractivity contribution in [3.05, 3.63) is 11.6 Å². The van der Waals surface area contributed by atoms with E-state index >= 15 is 0 Å². The summed E-state index contributed by atoms with van der Waals surface area (Å²) in [5, 5.41) is 15.2. The van der Waals surface area contributed by atoms with E-state index in [0.717, 1.165) is 50.2 Å². The molecule has 1 unspecified atom stereocenters. The Morgan fingerprint density at radius 3 is 2.65 bits per heavy atom. The predicted octanol–water partition coefficient (Wildman–Crippen LogP) is 2.94. The molecular formula is C19H38N6O. The Kier molecular flexibility index (Phi) is 11.7. The summed E-state index contributed by atoms with van der Waals surface area (Å²) in [6, 6.07) is 0.395. The van der Waals surface area contributed by atoms with Crippen LogP contribution < -0.4 is 10.6 Å². The average molecular weight is 367 g/mol. The lowest BCUT2D eigenvalue weighted by molar-refractivity contribution is 0.145. The quantitative estimate of drug-likeness (QED) is 0.319. The molecule has 0 aliphatic rings. The van der Waals surface area contributed by atoms with Crippen LogP contribution in [0.4, 0.5) is 0 Å². The van der Waals surface area contributed by atoms with Crippen molar-refractivity contribution in [1.29, 1.82) is 0 Å². The highest BCUT2D eigenvalue weighted by molar-refractivity contribution is 5.80. The maximum Gasteiger partial charge on any atom is 0.191 e. The van der Waals surface area contributed by atoms with Gasteiger partial charge in [-0.2, -0.15) is 0 Å². The molecule has 7 nitrogen and oxygen atoms in total. The highest BCUT2D eigenvalue weighted by Crippen LogP contribution is 2.05. The molecule has 150 valence electrons. The van der Waals surface area contributed by atoms with Crippen molar-refractivity contribution in [1.82, 2.24) is 25.4 Å². The second-order valence-electron chi connectivity index (χ2n) is 6.76. The fourth-order valence-electron chi connectivity index (χ4n) is 2.60. The molecule has 0 aliphatic heterocycles. The van der Waals surface area contributed by atoms with E-state index in [2.05, 4.69) is 34.7 Å². The fourth-order valence-corrected chi connectivity index (χ4v) is 2.60. The van der Waals surface area contributed by atoms with Gasteiger partial charge in [0.2, 0.25) is 0 Å². The molecule has 1 aromatic heterocycles. The Morgan fingerprint density at radius 1 is 1.19 bits per heavy atom. The molecule has 0 saturated heterocycles. The number of rotatable bonds is 13. The minimum atomic E-state index is 0.395. The molecule has 1 atom stereocenters. The molecule has 1 heterocycles. The first-order valence-electron chi connectivity index (χ1n) is 10.1. The largest absolute Gasteiger partial charge is 0.382 e. The van der Waals surface area contributed by atoms with Crippen LogP contribution in [-0.2, 0) is 18.3 Å². The van der Waals surface area contributed by atoms with Crippen molar-refractivity contribution < 1.29 is 4.74 Å². The van der Waals surface area contributed by atoms with Gasteiger partial charge in [0.15, 0.2) is 11.8 Å². The van der Waals surface area contributed by atoms with Crippen LogP contribution in [0.5, 0.6) is 0 Å². The highest BCUT2D eigenvalue weighted by atomic mass is 16.5. The molecular weight excluding hydrogens is 328 g/mol. The Labute approximate surface area is 159 Å². The molecule has 0 aromatic carbocycles.